The molecule has 0 atom stereocenters. The number of hydrogen-bond acceptors (Lipinski definition) is 4. The molecule has 0 unspecified atom stereocenters. The molecule has 0 radical (unpaired) electrons. The van der Waals surface area contributed by atoms with Crippen LogP contribution in [0.3, 0.4) is 0 Å². The molecule has 6 heteroatoms. The van der Waals surface area contributed by atoms with Crippen LogP contribution in [0.5, 0.6) is 5.75 Å². The molecule has 0 amide bonds. The van der Waals surface area contributed by atoms with E-state index in [2.05, 4.69) is 0 Å². The second-order valence-electron chi connectivity index (χ2n) is 4.91. The van der Waals surface area contributed by atoms with Crippen molar-refractivity contribution in [3.8, 4) is 5.75 Å². The third-order valence-corrected chi connectivity index (χ3v) is 3.88. The van der Waals surface area contributed by atoms with Crippen LogP contribution in [-0.2, 0) is 20.0 Å². The number of phenols is 1. The van der Waals surface area contributed by atoms with Gasteiger partial charge in [0.2, 0.25) is 0 Å². The largest absolute Gasteiger partial charge is 0.507 e. The highest BCUT2D eigenvalue weighted by atomic mass is 32.2. The van der Waals surface area contributed by atoms with Gasteiger partial charge in [-0.2, -0.15) is 0 Å². The maximum Gasteiger partial charge on any atom is 0.304 e. The fraction of sp³-hybridized carbons (Fsp3) is 0.417. The Labute approximate surface area is 106 Å². The van der Waals surface area contributed by atoms with Crippen molar-refractivity contribution >= 4 is 15.8 Å². The molecule has 0 saturated carbocycles. The molecule has 1 aromatic carbocycles. The second-order valence-corrected chi connectivity index (χ2v) is 6.89. The van der Waals surface area contributed by atoms with Crippen molar-refractivity contribution in [3.05, 3.63) is 23.8 Å². The summed E-state index contributed by atoms with van der Waals surface area (Å²) < 4.78 is 22.7. The zero-order valence-corrected chi connectivity index (χ0v) is 11.3. The van der Waals surface area contributed by atoms with E-state index in [4.69, 9.17) is 5.11 Å². The number of sulfone groups is 1. The Hall–Kier alpha value is -1.56. The molecule has 0 spiro atoms. The topological polar surface area (TPSA) is 91.7 Å². The first-order valence-electron chi connectivity index (χ1n) is 5.29. The fourth-order valence-corrected chi connectivity index (χ4v) is 2.49. The predicted octanol–water partition coefficient (Wildman–Crippen LogP) is 1.55. The Bertz CT molecular complexity index is 572. The smallest absolute Gasteiger partial charge is 0.304 e. The summed E-state index contributed by atoms with van der Waals surface area (Å²) in [6.07, 6.45) is 0.898. The SMILES string of the molecule is CC(C)(CC(=O)O)c1ccc(S(C)(=O)=O)c(O)c1. The average Bonchev–Trinajstić information content (AvgIpc) is 2.13. The zero-order valence-electron chi connectivity index (χ0n) is 10.5. The van der Waals surface area contributed by atoms with E-state index < -0.39 is 21.2 Å². The molecule has 0 aromatic heterocycles. The summed E-state index contributed by atoms with van der Waals surface area (Å²) in [4.78, 5) is 10.6. The summed E-state index contributed by atoms with van der Waals surface area (Å²) in [5.41, 5.74) is -0.103. The summed E-state index contributed by atoms with van der Waals surface area (Å²) in [6, 6.07) is 4.13. The quantitative estimate of drug-likeness (QED) is 0.867. The Kier molecular flexibility index (Phi) is 3.71. The monoisotopic (exact) mass is 272 g/mol. The van der Waals surface area contributed by atoms with E-state index in [1.54, 1.807) is 13.8 Å². The summed E-state index contributed by atoms with van der Waals surface area (Å²) >= 11 is 0. The number of phenolic OH excluding ortho intramolecular Hbond substituents is 1. The lowest BCUT2D eigenvalue weighted by molar-refractivity contribution is -0.138. The number of carboxylic acids is 1. The normalized spacial score (nSPS) is 12.4. The molecule has 0 saturated heterocycles. The average molecular weight is 272 g/mol. The molecule has 5 nitrogen and oxygen atoms in total. The van der Waals surface area contributed by atoms with E-state index in [1.165, 1.54) is 18.2 Å². The minimum Gasteiger partial charge on any atom is -0.507 e. The van der Waals surface area contributed by atoms with E-state index in [9.17, 15) is 18.3 Å². The third kappa shape index (κ3) is 3.22. The van der Waals surface area contributed by atoms with Crippen LogP contribution in [0.15, 0.2) is 23.1 Å². The lowest BCUT2D eigenvalue weighted by Crippen LogP contribution is -2.21. The first kappa shape index (κ1) is 14.5. The van der Waals surface area contributed by atoms with Crippen molar-refractivity contribution in [2.45, 2.75) is 30.6 Å². The number of rotatable bonds is 4. The van der Waals surface area contributed by atoms with Crippen molar-refractivity contribution < 1.29 is 23.4 Å². The van der Waals surface area contributed by atoms with Crippen LogP contribution < -0.4 is 0 Å². The van der Waals surface area contributed by atoms with E-state index in [-0.39, 0.29) is 17.1 Å². The van der Waals surface area contributed by atoms with E-state index in [1.807, 2.05) is 0 Å². The number of aliphatic carboxylic acids is 1. The van der Waals surface area contributed by atoms with Gasteiger partial charge in [-0.25, -0.2) is 8.42 Å². The highest BCUT2D eigenvalue weighted by Gasteiger charge is 2.26. The highest BCUT2D eigenvalue weighted by molar-refractivity contribution is 7.90. The van der Waals surface area contributed by atoms with Gasteiger partial charge in [0.25, 0.3) is 0 Å². The summed E-state index contributed by atoms with van der Waals surface area (Å²) in [5.74, 6) is -1.31. The Balaban J connectivity index is 3.24. The van der Waals surface area contributed by atoms with Gasteiger partial charge in [-0.15, -0.1) is 0 Å². The first-order valence-corrected chi connectivity index (χ1v) is 7.18. The number of aromatic hydroxyl groups is 1. The lowest BCUT2D eigenvalue weighted by atomic mass is 9.81. The standard InChI is InChI=1S/C12H16O5S/c1-12(2,7-11(14)15)8-4-5-10(9(13)6-8)18(3,16)17/h4-6,13H,7H2,1-3H3,(H,14,15). The molecule has 0 bridgehead atoms. The van der Waals surface area contributed by atoms with Gasteiger partial charge in [-0.05, 0) is 17.7 Å². The van der Waals surface area contributed by atoms with Crippen LogP contribution in [0.2, 0.25) is 0 Å². The molecule has 0 aliphatic heterocycles. The van der Waals surface area contributed by atoms with Crippen molar-refractivity contribution in [1.82, 2.24) is 0 Å². The number of benzene rings is 1. The minimum atomic E-state index is -3.49. The van der Waals surface area contributed by atoms with E-state index in [0.29, 0.717) is 5.56 Å². The zero-order chi connectivity index (χ0) is 14.1. The molecule has 0 aliphatic carbocycles. The molecule has 100 valence electrons. The maximum atomic E-state index is 11.3. The molecular weight excluding hydrogens is 256 g/mol. The minimum absolute atomic E-state index is 0.106. The predicted molar refractivity (Wildman–Crippen MR) is 66.5 cm³/mol. The van der Waals surface area contributed by atoms with Gasteiger partial charge in [0.05, 0.1) is 6.42 Å². The molecule has 0 heterocycles. The van der Waals surface area contributed by atoms with Crippen LogP contribution in [0.1, 0.15) is 25.8 Å². The summed E-state index contributed by atoms with van der Waals surface area (Å²) in [7, 11) is -3.49. The van der Waals surface area contributed by atoms with Crippen molar-refractivity contribution in [1.29, 1.82) is 0 Å². The van der Waals surface area contributed by atoms with Crippen molar-refractivity contribution in [2.24, 2.45) is 0 Å². The Morgan fingerprint density at radius 3 is 2.28 bits per heavy atom. The van der Waals surface area contributed by atoms with Gasteiger partial charge in [0.15, 0.2) is 9.84 Å². The molecule has 1 aromatic rings. The number of carboxylic acid groups (broad SMARTS) is 1. The van der Waals surface area contributed by atoms with Crippen LogP contribution in [0.25, 0.3) is 0 Å². The molecule has 1 rings (SSSR count). The Morgan fingerprint density at radius 1 is 1.33 bits per heavy atom. The molecule has 0 aliphatic rings. The second kappa shape index (κ2) is 4.61. The lowest BCUT2D eigenvalue weighted by Gasteiger charge is -2.23. The van der Waals surface area contributed by atoms with Gasteiger partial charge in [0, 0.05) is 11.7 Å². The van der Waals surface area contributed by atoms with Gasteiger partial charge in [0.1, 0.15) is 10.6 Å². The highest BCUT2D eigenvalue weighted by Crippen LogP contribution is 2.32. The summed E-state index contributed by atoms with van der Waals surface area (Å²) in [5, 5.41) is 18.5. The van der Waals surface area contributed by atoms with Crippen molar-refractivity contribution in [2.75, 3.05) is 6.26 Å². The van der Waals surface area contributed by atoms with Crippen LogP contribution in [-0.4, -0.2) is 30.9 Å². The number of hydrogen-bond donors (Lipinski definition) is 2. The summed E-state index contributed by atoms with van der Waals surface area (Å²) in [6.45, 7) is 3.44. The van der Waals surface area contributed by atoms with Gasteiger partial charge in [-0.1, -0.05) is 19.9 Å². The molecule has 18 heavy (non-hydrogen) atoms. The van der Waals surface area contributed by atoms with Gasteiger partial charge < -0.3 is 10.2 Å². The van der Waals surface area contributed by atoms with Crippen LogP contribution >= 0.6 is 0 Å². The van der Waals surface area contributed by atoms with E-state index >= 15 is 0 Å². The molecular formula is C12H16O5S. The third-order valence-electron chi connectivity index (χ3n) is 2.73. The van der Waals surface area contributed by atoms with Crippen LogP contribution in [0, 0.1) is 0 Å². The van der Waals surface area contributed by atoms with Gasteiger partial charge in [-0.3, -0.25) is 4.79 Å². The van der Waals surface area contributed by atoms with Gasteiger partial charge >= 0.3 is 5.97 Å². The molecule has 2 N–H and O–H groups in total. The number of carbonyl (C=O) groups is 1. The van der Waals surface area contributed by atoms with E-state index in [0.717, 1.165) is 6.26 Å². The first-order chi connectivity index (χ1) is 8.04. The fourth-order valence-electron chi connectivity index (χ4n) is 1.73. The Morgan fingerprint density at radius 2 is 1.89 bits per heavy atom. The maximum absolute atomic E-state index is 11.3. The van der Waals surface area contributed by atoms with Crippen molar-refractivity contribution in [3.63, 3.8) is 0 Å². The molecule has 0 fully saturated rings. The van der Waals surface area contributed by atoms with Crippen LogP contribution in [0.4, 0.5) is 0 Å².